The van der Waals surface area contributed by atoms with E-state index in [1.165, 1.54) is 0 Å². The number of ether oxygens (including phenoxy) is 1. The Kier molecular flexibility index (Phi) is 7.18. The number of allylic oxidation sites excluding steroid dienone is 1. The monoisotopic (exact) mass is 487 g/mol. The van der Waals surface area contributed by atoms with Crippen LogP contribution in [0.5, 0.6) is 0 Å². The molecule has 0 saturated heterocycles. The predicted octanol–water partition coefficient (Wildman–Crippen LogP) is 3.51. The van der Waals surface area contributed by atoms with Crippen LogP contribution in [0, 0.1) is 17.8 Å². The molecule has 5 rings (SSSR count). The van der Waals surface area contributed by atoms with E-state index in [4.69, 9.17) is 14.8 Å². The third-order valence-electron chi connectivity index (χ3n) is 7.24. The molecule has 188 valence electrons. The van der Waals surface area contributed by atoms with E-state index in [2.05, 4.69) is 34.3 Å². The van der Waals surface area contributed by atoms with Gasteiger partial charge in [-0.1, -0.05) is 13.0 Å². The number of dihydropyridines is 1. The molecule has 9 nitrogen and oxygen atoms in total. The first-order valence-electron chi connectivity index (χ1n) is 12.7. The largest absolute Gasteiger partial charge is 0.380 e. The summed E-state index contributed by atoms with van der Waals surface area (Å²) in [7, 11) is 1.77. The molecule has 0 spiro atoms. The van der Waals surface area contributed by atoms with Crippen LogP contribution in [0.1, 0.15) is 42.9 Å². The van der Waals surface area contributed by atoms with Gasteiger partial charge in [-0.2, -0.15) is 9.61 Å². The highest BCUT2D eigenvalue weighted by Crippen LogP contribution is 2.38. The molecule has 3 aromatic rings. The summed E-state index contributed by atoms with van der Waals surface area (Å²) in [5, 5.41) is 13.7. The molecule has 3 aromatic heterocycles. The Morgan fingerprint density at radius 2 is 2.11 bits per heavy atom. The zero-order valence-corrected chi connectivity index (χ0v) is 21.1. The van der Waals surface area contributed by atoms with Gasteiger partial charge in [0.05, 0.1) is 23.9 Å². The van der Waals surface area contributed by atoms with Crippen molar-refractivity contribution in [2.24, 2.45) is 22.7 Å². The lowest BCUT2D eigenvalue weighted by molar-refractivity contribution is 0.0709. The number of hydrogen-bond acceptors (Lipinski definition) is 7. The third kappa shape index (κ3) is 5.06. The Hall–Kier alpha value is -3.46. The molecular weight excluding hydrogens is 454 g/mol. The van der Waals surface area contributed by atoms with Gasteiger partial charge >= 0.3 is 0 Å². The summed E-state index contributed by atoms with van der Waals surface area (Å²) in [6.07, 6.45) is 12.7. The normalized spacial score (nSPS) is 23.1. The van der Waals surface area contributed by atoms with Crippen molar-refractivity contribution < 1.29 is 9.53 Å². The van der Waals surface area contributed by atoms with Gasteiger partial charge < -0.3 is 9.64 Å². The van der Waals surface area contributed by atoms with Crippen molar-refractivity contribution >= 4 is 17.8 Å². The predicted molar refractivity (Wildman–Crippen MR) is 138 cm³/mol. The van der Waals surface area contributed by atoms with Crippen molar-refractivity contribution in [1.29, 1.82) is 0 Å². The molecule has 1 amide bonds. The molecule has 1 fully saturated rings. The van der Waals surface area contributed by atoms with E-state index in [-0.39, 0.29) is 5.91 Å². The standard InChI is InChI=1S/C27H33N7O2/c1-4-36-11-10-33(3)27(35)22-15-21(16-28-17-22)23-7-8-24-30-31-25(34(24)32-23)14-19-12-18(2)26-20(13-19)6-5-9-29-26/h5-9,15-20,26H,4,10-14H2,1-3H3/t18-,19+,20?,26-/m0/s1. The minimum Gasteiger partial charge on any atom is -0.380 e. The summed E-state index contributed by atoms with van der Waals surface area (Å²) in [6.45, 7) is 5.90. The van der Waals surface area contributed by atoms with Crippen LogP contribution in [0.25, 0.3) is 16.9 Å². The molecule has 0 radical (unpaired) electrons. The second-order valence-electron chi connectivity index (χ2n) is 9.85. The second kappa shape index (κ2) is 10.7. The highest BCUT2D eigenvalue weighted by atomic mass is 16.5. The topological polar surface area (TPSA) is 97.9 Å². The van der Waals surface area contributed by atoms with E-state index in [9.17, 15) is 4.79 Å². The van der Waals surface area contributed by atoms with Gasteiger partial charge in [0.1, 0.15) is 0 Å². The zero-order chi connectivity index (χ0) is 25.1. The number of aromatic nitrogens is 5. The Bertz CT molecular complexity index is 1280. The van der Waals surface area contributed by atoms with Crippen LogP contribution in [-0.4, -0.2) is 74.7 Å². The molecule has 4 atom stereocenters. The van der Waals surface area contributed by atoms with Gasteiger partial charge in [-0.15, -0.1) is 10.2 Å². The maximum absolute atomic E-state index is 12.9. The van der Waals surface area contributed by atoms with Crippen LogP contribution in [-0.2, 0) is 11.2 Å². The molecule has 9 heteroatoms. The van der Waals surface area contributed by atoms with E-state index in [1.807, 2.05) is 35.9 Å². The molecule has 0 N–H and O–H groups in total. The molecule has 1 saturated carbocycles. The van der Waals surface area contributed by atoms with Crippen LogP contribution in [0.15, 0.2) is 47.7 Å². The number of rotatable bonds is 8. The minimum atomic E-state index is -0.0964. The number of aliphatic imine (C=N–C) groups is 1. The lowest BCUT2D eigenvalue weighted by atomic mass is 9.71. The number of likely N-dealkylation sites (N-methyl/N-ethyl adjacent to an activating group) is 1. The van der Waals surface area contributed by atoms with E-state index in [0.29, 0.717) is 54.8 Å². The van der Waals surface area contributed by atoms with Crippen LogP contribution >= 0.6 is 0 Å². The van der Waals surface area contributed by atoms with Gasteiger partial charge in [0, 0.05) is 56.7 Å². The fourth-order valence-corrected chi connectivity index (χ4v) is 5.40. The summed E-state index contributed by atoms with van der Waals surface area (Å²) < 4.78 is 7.21. The number of pyridine rings is 1. The van der Waals surface area contributed by atoms with E-state index >= 15 is 0 Å². The Morgan fingerprint density at radius 1 is 1.22 bits per heavy atom. The van der Waals surface area contributed by atoms with Crippen molar-refractivity contribution in [1.82, 2.24) is 29.7 Å². The summed E-state index contributed by atoms with van der Waals surface area (Å²) in [4.78, 5) is 23.5. The summed E-state index contributed by atoms with van der Waals surface area (Å²) in [5.41, 5.74) is 2.74. The molecule has 0 bridgehead atoms. The first kappa shape index (κ1) is 24.2. The zero-order valence-electron chi connectivity index (χ0n) is 21.1. The Labute approximate surface area is 211 Å². The van der Waals surface area contributed by atoms with Gasteiger partial charge in [0.2, 0.25) is 0 Å². The SMILES string of the molecule is CCOCCN(C)C(=O)c1cncc(-c2ccc3nnc(C[C@H]4CC5C=CC=N[C@H]5[C@@H](C)C4)n3n2)c1. The number of fused-ring (bicyclic) bond motifs is 2. The number of nitrogens with zero attached hydrogens (tertiary/aromatic N) is 7. The molecule has 1 aliphatic heterocycles. The number of carbonyl (C=O) groups is 1. The van der Waals surface area contributed by atoms with Crippen molar-refractivity contribution in [2.75, 3.05) is 26.8 Å². The first-order valence-corrected chi connectivity index (χ1v) is 12.7. The highest BCUT2D eigenvalue weighted by molar-refractivity contribution is 5.94. The fraction of sp³-hybridized carbons (Fsp3) is 0.481. The minimum absolute atomic E-state index is 0.0964. The van der Waals surface area contributed by atoms with Crippen LogP contribution in [0.3, 0.4) is 0 Å². The van der Waals surface area contributed by atoms with Gasteiger partial charge in [0.15, 0.2) is 11.5 Å². The molecular formula is C27H33N7O2. The van der Waals surface area contributed by atoms with E-state index in [0.717, 1.165) is 36.3 Å². The van der Waals surface area contributed by atoms with Crippen molar-refractivity contribution in [3.63, 3.8) is 0 Å². The van der Waals surface area contributed by atoms with Crippen molar-refractivity contribution in [3.8, 4) is 11.3 Å². The Morgan fingerprint density at radius 3 is 2.97 bits per heavy atom. The number of hydrogen-bond donors (Lipinski definition) is 0. The fourth-order valence-electron chi connectivity index (χ4n) is 5.40. The molecule has 1 aliphatic carbocycles. The van der Waals surface area contributed by atoms with Gasteiger partial charge in [-0.05, 0) is 55.9 Å². The summed E-state index contributed by atoms with van der Waals surface area (Å²) in [6, 6.07) is 6.05. The Balaban J connectivity index is 1.34. The van der Waals surface area contributed by atoms with Gasteiger partial charge in [-0.3, -0.25) is 14.8 Å². The van der Waals surface area contributed by atoms with Gasteiger partial charge in [0.25, 0.3) is 5.91 Å². The highest BCUT2D eigenvalue weighted by Gasteiger charge is 2.35. The van der Waals surface area contributed by atoms with E-state index in [1.54, 1.807) is 24.3 Å². The molecule has 2 aliphatic rings. The molecule has 4 heterocycles. The molecule has 1 unspecified atom stereocenters. The average molecular weight is 488 g/mol. The van der Waals surface area contributed by atoms with Crippen LogP contribution in [0.4, 0.5) is 0 Å². The molecule has 0 aromatic carbocycles. The molecule has 36 heavy (non-hydrogen) atoms. The van der Waals surface area contributed by atoms with Gasteiger partial charge in [-0.25, -0.2) is 0 Å². The lowest BCUT2D eigenvalue weighted by Crippen LogP contribution is -2.35. The smallest absolute Gasteiger partial charge is 0.255 e. The quantitative estimate of drug-likeness (QED) is 0.451. The van der Waals surface area contributed by atoms with Crippen LogP contribution in [0.2, 0.25) is 0 Å². The first-order chi connectivity index (χ1) is 17.5. The van der Waals surface area contributed by atoms with E-state index < -0.39 is 0 Å². The number of carbonyl (C=O) groups excluding carboxylic acids is 1. The van der Waals surface area contributed by atoms with Crippen molar-refractivity contribution in [2.45, 2.75) is 39.2 Å². The van der Waals surface area contributed by atoms with Crippen LogP contribution < -0.4 is 0 Å². The maximum atomic E-state index is 12.9. The number of amides is 1. The van der Waals surface area contributed by atoms with Crippen molar-refractivity contribution in [3.05, 3.63) is 54.1 Å². The third-order valence-corrected chi connectivity index (χ3v) is 7.24. The average Bonchev–Trinajstić information content (AvgIpc) is 3.30. The second-order valence-corrected chi connectivity index (χ2v) is 9.85. The maximum Gasteiger partial charge on any atom is 0.255 e. The summed E-state index contributed by atoms with van der Waals surface area (Å²) >= 11 is 0. The lowest BCUT2D eigenvalue weighted by Gasteiger charge is -2.38. The summed E-state index contributed by atoms with van der Waals surface area (Å²) in [5.74, 6) is 2.30.